The summed E-state index contributed by atoms with van der Waals surface area (Å²) in [5.74, 6) is 1.31. The van der Waals surface area contributed by atoms with Crippen molar-refractivity contribution in [3.63, 3.8) is 0 Å². The molecule has 0 saturated carbocycles. The van der Waals surface area contributed by atoms with Crippen LogP contribution in [0.4, 0.5) is 0 Å². The minimum Gasteiger partial charge on any atom is -0.496 e. The van der Waals surface area contributed by atoms with E-state index in [1.165, 1.54) is 26.2 Å². The molecule has 0 fully saturated rings. The topological polar surface area (TPSA) is 100 Å². The normalized spacial score (nSPS) is 10.0. The SMILES string of the molecule is COc1cc(C#N)ccc1C=C(C(=O)OCCC#N)C(C)=C=O. The molecule has 0 aliphatic rings. The zero-order valence-corrected chi connectivity index (χ0v) is 12.8. The number of ether oxygens (including phenoxy) is 2. The summed E-state index contributed by atoms with van der Waals surface area (Å²) in [4.78, 5) is 22.9. The molecule has 1 aromatic carbocycles. The number of esters is 1. The van der Waals surface area contributed by atoms with Gasteiger partial charge in [0.25, 0.3) is 0 Å². The van der Waals surface area contributed by atoms with Gasteiger partial charge in [-0.1, -0.05) is 0 Å². The quantitative estimate of drug-likeness (QED) is 0.262. The van der Waals surface area contributed by atoms with Gasteiger partial charge < -0.3 is 9.47 Å². The largest absolute Gasteiger partial charge is 0.496 e. The standard InChI is InChI=1S/C17H14N2O4/c1-12(11-20)15(17(21)23-7-3-6-18)9-14-5-4-13(10-19)8-16(14)22-2/h4-5,8-9H,3,7H2,1-2H3. The molecule has 0 saturated heterocycles. The highest BCUT2D eigenvalue weighted by molar-refractivity contribution is 6.01. The van der Waals surface area contributed by atoms with Crippen molar-refractivity contribution in [2.24, 2.45) is 0 Å². The van der Waals surface area contributed by atoms with Gasteiger partial charge in [0.05, 0.1) is 36.8 Å². The maximum absolute atomic E-state index is 12.1. The molecule has 0 atom stereocenters. The molecule has 0 N–H and O–H groups in total. The van der Waals surface area contributed by atoms with E-state index in [0.29, 0.717) is 16.9 Å². The molecular weight excluding hydrogens is 296 g/mol. The highest BCUT2D eigenvalue weighted by Crippen LogP contribution is 2.24. The minimum absolute atomic E-state index is 0.0148. The molecule has 0 amide bonds. The molecule has 1 aromatic rings. The number of nitriles is 2. The number of rotatable bonds is 6. The van der Waals surface area contributed by atoms with Crippen molar-refractivity contribution >= 4 is 18.0 Å². The van der Waals surface area contributed by atoms with Gasteiger partial charge in [-0.3, -0.25) is 0 Å². The number of benzene rings is 1. The second-order valence-corrected chi connectivity index (χ2v) is 4.40. The average molecular weight is 310 g/mol. The fraction of sp³-hybridized carbons (Fsp3) is 0.235. The van der Waals surface area contributed by atoms with Crippen LogP contribution in [0.15, 0.2) is 29.3 Å². The molecular formula is C17H14N2O4. The number of hydrogen-bond donors (Lipinski definition) is 0. The van der Waals surface area contributed by atoms with E-state index in [1.807, 2.05) is 12.1 Å². The van der Waals surface area contributed by atoms with Crippen LogP contribution in [-0.2, 0) is 14.3 Å². The van der Waals surface area contributed by atoms with Gasteiger partial charge in [0, 0.05) is 11.1 Å². The lowest BCUT2D eigenvalue weighted by Crippen LogP contribution is -2.10. The first-order valence-corrected chi connectivity index (χ1v) is 6.63. The van der Waals surface area contributed by atoms with E-state index in [1.54, 1.807) is 18.1 Å². The first-order valence-electron chi connectivity index (χ1n) is 6.63. The maximum atomic E-state index is 12.1. The Morgan fingerprint density at radius 1 is 1.35 bits per heavy atom. The lowest BCUT2D eigenvalue weighted by atomic mass is 10.0. The Bertz CT molecular complexity index is 760. The zero-order valence-electron chi connectivity index (χ0n) is 12.8. The number of nitrogens with zero attached hydrogens (tertiary/aromatic N) is 2. The molecule has 0 unspecified atom stereocenters. The van der Waals surface area contributed by atoms with E-state index in [4.69, 9.17) is 20.0 Å². The van der Waals surface area contributed by atoms with Crippen LogP contribution in [0.3, 0.4) is 0 Å². The first-order chi connectivity index (χ1) is 11.1. The third kappa shape index (κ3) is 4.86. The fourth-order valence-corrected chi connectivity index (χ4v) is 1.70. The third-order valence-corrected chi connectivity index (χ3v) is 2.89. The van der Waals surface area contributed by atoms with Gasteiger partial charge in [-0.2, -0.15) is 10.5 Å². The van der Waals surface area contributed by atoms with Gasteiger partial charge in [0.1, 0.15) is 18.3 Å². The number of carbonyl (C=O) groups excluding carboxylic acids is 2. The Morgan fingerprint density at radius 2 is 2.09 bits per heavy atom. The van der Waals surface area contributed by atoms with Crippen molar-refractivity contribution < 1.29 is 19.1 Å². The van der Waals surface area contributed by atoms with Gasteiger partial charge in [-0.25, -0.2) is 9.59 Å². The lowest BCUT2D eigenvalue weighted by Gasteiger charge is -2.09. The molecule has 1 rings (SSSR count). The Labute approximate surface area is 133 Å². The van der Waals surface area contributed by atoms with Crippen LogP contribution >= 0.6 is 0 Å². The molecule has 0 radical (unpaired) electrons. The van der Waals surface area contributed by atoms with Gasteiger partial charge in [0.2, 0.25) is 0 Å². The molecule has 6 heteroatoms. The minimum atomic E-state index is -0.729. The van der Waals surface area contributed by atoms with Crippen molar-refractivity contribution in [1.29, 1.82) is 10.5 Å². The van der Waals surface area contributed by atoms with Gasteiger partial charge in [0.15, 0.2) is 0 Å². The highest BCUT2D eigenvalue weighted by Gasteiger charge is 2.15. The average Bonchev–Trinajstić information content (AvgIpc) is 2.58. The molecule has 6 nitrogen and oxygen atoms in total. The van der Waals surface area contributed by atoms with E-state index in [0.717, 1.165) is 0 Å². The van der Waals surface area contributed by atoms with Gasteiger partial charge >= 0.3 is 5.97 Å². The monoisotopic (exact) mass is 310 g/mol. The van der Waals surface area contributed by atoms with Gasteiger partial charge in [-0.05, 0) is 31.2 Å². The Morgan fingerprint density at radius 3 is 2.65 bits per heavy atom. The molecule has 0 aromatic heterocycles. The van der Waals surface area contributed by atoms with Crippen molar-refractivity contribution in [2.75, 3.05) is 13.7 Å². The molecule has 0 heterocycles. The number of carbonyl (C=O) groups is 1. The zero-order chi connectivity index (χ0) is 17.2. The maximum Gasteiger partial charge on any atom is 0.339 e. The van der Waals surface area contributed by atoms with Crippen LogP contribution in [0.5, 0.6) is 5.75 Å². The second-order valence-electron chi connectivity index (χ2n) is 4.40. The molecule has 0 aliphatic heterocycles. The van der Waals surface area contributed by atoms with Crippen LogP contribution in [0.1, 0.15) is 24.5 Å². The highest BCUT2D eigenvalue weighted by atomic mass is 16.5. The van der Waals surface area contributed by atoms with E-state index in [9.17, 15) is 9.59 Å². The predicted molar refractivity (Wildman–Crippen MR) is 81.8 cm³/mol. The van der Waals surface area contributed by atoms with Gasteiger partial charge in [-0.15, -0.1) is 0 Å². The van der Waals surface area contributed by atoms with Crippen molar-refractivity contribution in [1.82, 2.24) is 0 Å². The van der Waals surface area contributed by atoms with Crippen LogP contribution < -0.4 is 4.74 Å². The molecule has 0 aliphatic carbocycles. The predicted octanol–water partition coefficient (Wildman–Crippen LogP) is 2.19. The summed E-state index contributed by atoms with van der Waals surface area (Å²) >= 11 is 0. The third-order valence-electron chi connectivity index (χ3n) is 2.89. The summed E-state index contributed by atoms with van der Waals surface area (Å²) in [6.07, 6.45) is 1.48. The van der Waals surface area contributed by atoms with E-state index < -0.39 is 5.97 Å². The smallest absolute Gasteiger partial charge is 0.339 e. The summed E-state index contributed by atoms with van der Waals surface area (Å²) in [5.41, 5.74) is 0.993. The summed E-state index contributed by atoms with van der Waals surface area (Å²) in [6.45, 7) is 1.36. The van der Waals surface area contributed by atoms with E-state index >= 15 is 0 Å². The Kier molecular flexibility index (Phi) is 6.81. The van der Waals surface area contributed by atoms with E-state index in [2.05, 4.69) is 0 Å². The Hall–Kier alpha value is -3.34. The summed E-state index contributed by atoms with van der Waals surface area (Å²) < 4.78 is 10.1. The number of hydrogen-bond acceptors (Lipinski definition) is 6. The lowest BCUT2D eigenvalue weighted by molar-refractivity contribution is -0.138. The second kappa shape index (κ2) is 8.84. The van der Waals surface area contributed by atoms with Crippen molar-refractivity contribution in [3.05, 3.63) is 40.5 Å². The number of methoxy groups -OCH3 is 1. The van der Waals surface area contributed by atoms with Crippen LogP contribution in [0.2, 0.25) is 0 Å². The van der Waals surface area contributed by atoms with Crippen LogP contribution in [-0.4, -0.2) is 25.6 Å². The molecule has 23 heavy (non-hydrogen) atoms. The van der Waals surface area contributed by atoms with E-state index in [-0.39, 0.29) is 24.2 Å². The fourth-order valence-electron chi connectivity index (χ4n) is 1.70. The summed E-state index contributed by atoms with van der Waals surface area (Å²) in [5, 5.41) is 17.3. The molecule has 116 valence electrons. The Balaban J connectivity index is 3.25. The van der Waals surface area contributed by atoms with Crippen molar-refractivity contribution in [2.45, 2.75) is 13.3 Å². The van der Waals surface area contributed by atoms with Crippen molar-refractivity contribution in [3.8, 4) is 17.9 Å². The first kappa shape index (κ1) is 17.7. The van der Waals surface area contributed by atoms with Crippen LogP contribution in [0.25, 0.3) is 6.08 Å². The van der Waals surface area contributed by atoms with Crippen LogP contribution in [0, 0.1) is 22.7 Å². The molecule has 0 spiro atoms. The summed E-state index contributed by atoms with van der Waals surface area (Å²) in [7, 11) is 1.43. The summed E-state index contributed by atoms with van der Waals surface area (Å²) in [6, 6.07) is 8.51. The molecule has 0 bridgehead atoms.